The predicted octanol–water partition coefficient (Wildman–Crippen LogP) is 4.32. The lowest BCUT2D eigenvalue weighted by molar-refractivity contribution is -0.115. The molecule has 0 radical (unpaired) electrons. The summed E-state index contributed by atoms with van der Waals surface area (Å²) >= 11 is 1.51. The molecule has 0 aliphatic carbocycles. The number of aryl methyl sites for hydroxylation is 3. The maximum Gasteiger partial charge on any atom is 0.264 e. The fourth-order valence-electron chi connectivity index (χ4n) is 3.08. The second kappa shape index (κ2) is 9.49. The lowest BCUT2D eigenvalue weighted by Crippen LogP contribution is -2.22. The van der Waals surface area contributed by atoms with E-state index in [1.807, 2.05) is 20.8 Å². The third-order valence-electron chi connectivity index (χ3n) is 4.49. The summed E-state index contributed by atoms with van der Waals surface area (Å²) < 4.78 is 27.2. The molecule has 9 heteroatoms. The zero-order chi connectivity index (χ0) is 22.6. The molecular formula is C22H24N4O3S2. The Morgan fingerprint density at radius 1 is 1.00 bits per heavy atom. The number of rotatable bonds is 7. The molecule has 3 rings (SSSR count). The highest BCUT2D eigenvalue weighted by atomic mass is 32.2. The van der Waals surface area contributed by atoms with Gasteiger partial charge in [0.15, 0.2) is 0 Å². The number of benzene rings is 2. The normalized spacial score (nSPS) is 12.3. The quantitative estimate of drug-likeness (QED) is 0.514. The molecule has 1 aromatic heterocycles. The van der Waals surface area contributed by atoms with E-state index in [4.69, 9.17) is 0 Å². The molecule has 1 heterocycles. The second-order valence-corrected chi connectivity index (χ2v) is 10.2. The molecule has 162 valence electrons. The molecule has 0 bridgehead atoms. The highest BCUT2D eigenvalue weighted by molar-refractivity contribution is 8.00. The average molecular weight is 457 g/mol. The molecule has 2 N–H and O–H groups in total. The van der Waals surface area contributed by atoms with Crippen LogP contribution < -0.4 is 10.0 Å². The number of hydrogen-bond acceptors (Lipinski definition) is 6. The van der Waals surface area contributed by atoms with E-state index < -0.39 is 10.0 Å². The summed E-state index contributed by atoms with van der Waals surface area (Å²) in [4.78, 5) is 21.5. The fourth-order valence-corrected chi connectivity index (χ4v) is 5.04. The van der Waals surface area contributed by atoms with Gasteiger partial charge in [-0.05, 0) is 69.2 Å². The summed E-state index contributed by atoms with van der Waals surface area (Å²) in [6, 6.07) is 11.8. The summed E-state index contributed by atoms with van der Waals surface area (Å²) in [6.07, 6.45) is 2.89. The van der Waals surface area contributed by atoms with E-state index in [1.165, 1.54) is 41.9 Å². The Labute approximate surface area is 186 Å². The smallest absolute Gasteiger partial charge is 0.264 e. The van der Waals surface area contributed by atoms with Crippen LogP contribution in [0.3, 0.4) is 0 Å². The Bertz CT molecular complexity index is 1160. The number of thioether (sulfide) groups is 1. The highest BCUT2D eigenvalue weighted by Crippen LogP contribution is 2.31. The van der Waals surface area contributed by atoms with Gasteiger partial charge in [-0.15, -0.1) is 11.8 Å². The third kappa shape index (κ3) is 5.83. The van der Waals surface area contributed by atoms with Crippen LogP contribution in [0.5, 0.6) is 0 Å². The van der Waals surface area contributed by atoms with Gasteiger partial charge < -0.3 is 5.32 Å². The molecule has 0 saturated carbocycles. The Morgan fingerprint density at radius 2 is 1.58 bits per heavy atom. The van der Waals surface area contributed by atoms with Crippen molar-refractivity contribution in [2.45, 2.75) is 42.7 Å². The van der Waals surface area contributed by atoms with Gasteiger partial charge in [-0.25, -0.2) is 23.1 Å². The Kier molecular flexibility index (Phi) is 6.97. The van der Waals surface area contributed by atoms with Crippen molar-refractivity contribution in [3.8, 4) is 0 Å². The van der Waals surface area contributed by atoms with Crippen LogP contribution in [0, 0.1) is 20.8 Å². The average Bonchev–Trinajstić information content (AvgIpc) is 2.71. The summed E-state index contributed by atoms with van der Waals surface area (Å²) in [7, 11) is -3.82. The van der Waals surface area contributed by atoms with Crippen LogP contribution in [0.2, 0.25) is 0 Å². The largest absolute Gasteiger partial charge is 0.325 e. The lowest BCUT2D eigenvalue weighted by atomic mass is 10.1. The predicted molar refractivity (Wildman–Crippen MR) is 124 cm³/mol. The van der Waals surface area contributed by atoms with Crippen molar-refractivity contribution in [1.82, 2.24) is 9.97 Å². The van der Waals surface area contributed by atoms with Gasteiger partial charge in [0.2, 0.25) is 11.9 Å². The van der Waals surface area contributed by atoms with Crippen molar-refractivity contribution in [2.75, 3.05) is 10.0 Å². The first-order chi connectivity index (χ1) is 14.7. The number of carbonyl (C=O) groups is 1. The summed E-state index contributed by atoms with van der Waals surface area (Å²) in [5.74, 6) is -0.164. The van der Waals surface area contributed by atoms with Gasteiger partial charge in [-0.1, -0.05) is 17.7 Å². The number of anilines is 2. The third-order valence-corrected chi connectivity index (χ3v) is 7.28. The van der Waals surface area contributed by atoms with Crippen LogP contribution >= 0.6 is 11.8 Å². The van der Waals surface area contributed by atoms with E-state index in [1.54, 1.807) is 18.2 Å². The monoisotopic (exact) mass is 456 g/mol. The van der Waals surface area contributed by atoms with Crippen molar-refractivity contribution >= 4 is 39.3 Å². The first-order valence-corrected chi connectivity index (χ1v) is 12.0. The number of carbonyl (C=O) groups excluding carboxylic acids is 1. The molecule has 0 aliphatic rings. The fraction of sp³-hybridized carbons (Fsp3) is 0.227. The van der Waals surface area contributed by atoms with Crippen LogP contribution in [0.15, 0.2) is 64.6 Å². The number of hydrogen-bond donors (Lipinski definition) is 2. The van der Waals surface area contributed by atoms with Crippen LogP contribution in [0.4, 0.5) is 11.6 Å². The van der Waals surface area contributed by atoms with Crippen molar-refractivity contribution in [2.24, 2.45) is 0 Å². The summed E-state index contributed by atoms with van der Waals surface area (Å²) in [6.45, 7) is 7.99. The van der Waals surface area contributed by atoms with E-state index in [0.717, 1.165) is 16.0 Å². The van der Waals surface area contributed by atoms with Crippen LogP contribution in [-0.4, -0.2) is 29.5 Å². The zero-order valence-electron chi connectivity index (χ0n) is 17.7. The minimum atomic E-state index is -3.82. The maximum absolute atomic E-state index is 12.7. The van der Waals surface area contributed by atoms with Gasteiger partial charge >= 0.3 is 0 Å². The molecule has 1 amide bonds. The van der Waals surface area contributed by atoms with Crippen molar-refractivity contribution in [1.29, 1.82) is 0 Å². The minimum Gasteiger partial charge on any atom is -0.325 e. The van der Waals surface area contributed by atoms with Crippen molar-refractivity contribution in [3.63, 3.8) is 0 Å². The molecule has 1 atom stereocenters. The van der Waals surface area contributed by atoms with Crippen LogP contribution in [-0.2, 0) is 14.8 Å². The Hall–Kier alpha value is -2.91. The summed E-state index contributed by atoms with van der Waals surface area (Å²) in [5, 5.41) is 2.52. The van der Waals surface area contributed by atoms with E-state index in [0.29, 0.717) is 5.69 Å². The van der Waals surface area contributed by atoms with Crippen molar-refractivity contribution in [3.05, 3.63) is 71.5 Å². The molecule has 3 aromatic rings. The Balaban J connectivity index is 1.66. The second-order valence-electron chi connectivity index (χ2n) is 7.18. The number of sulfonamides is 1. The van der Waals surface area contributed by atoms with Gasteiger partial charge in [0.1, 0.15) is 0 Å². The molecule has 2 aromatic carbocycles. The maximum atomic E-state index is 12.7. The SMILES string of the molecule is Cc1cc(C)c(SC(C)C(=O)Nc2ccc(S(=O)(=O)Nc3ncccn3)cc2)c(C)c1. The van der Waals surface area contributed by atoms with Crippen LogP contribution in [0.1, 0.15) is 23.6 Å². The van der Waals surface area contributed by atoms with E-state index in [2.05, 4.69) is 39.1 Å². The number of amides is 1. The van der Waals surface area contributed by atoms with Crippen LogP contribution in [0.25, 0.3) is 0 Å². The van der Waals surface area contributed by atoms with E-state index in [9.17, 15) is 13.2 Å². The van der Waals surface area contributed by atoms with E-state index in [-0.39, 0.29) is 22.0 Å². The van der Waals surface area contributed by atoms with E-state index >= 15 is 0 Å². The number of nitrogens with one attached hydrogen (secondary N) is 2. The summed E-state index contributed by atoms with van der Waals surface area (Å²) in [5.41, 5.74) is 4.00. The molecule has 31 heavy (non-hydrogen) atoms. The molecule has 7 nitrogen and oxygen atoms in total. The van der Waals surface area contributed by atoms with Gasteiger partial charge in [0, 0.05) is 23.0 Å². The Morgan fingerprint density at radius 3 is 2.16 bits per heavy atom. The highest BCUT2D eigenvalue weighted by Gasteiger charge is 2.19. The minimum absolute atomic E-state index is 0.00702. The molecule has 1 unspecified atom stereocenters. The molecule has 0 fully saturated rings. The topological polar surface area (TPSA) is 101 Å². The molecule has 0 spiro atoms. The lowest BCUT2D eigenvalue weighted by Gasteiger charge is -2.16. The van der Waals surface area contributed by atoms with Gasteiger partial charge in [0.25, 0.3) is 10.0 Å². The number of nitrogens with zero attached hydrogens (tertiary/aromatic N) is 2. The van der Waals surface area contributed by atoms with Gasteiger partial charge in [-0.3, -0.25) is 4.79 Å². The first-order valence-electron chi connectivity index (χ1n) is 9.61. The zero-order valence-corrected chi connectivity index (χ0v) is 19.3. The van der Waals surface area contributed by atoms with Crippen molar-refractivity contribution < 1.29 is 13.2 Å². The molecule has 0 saturated heterocycles. The standard InChI is InChI=1S/C22H24N4O3S2/c1-14-12-15(2)20(16(3)13-14)30-17(4)21(27)25-18-6-8-19(9-7-18)31(28,29)26-22-23-10-5-11-24-22/h5-13,17H,1-4H3,(H,25,27)(H,23,24,26). The number of aromatic nitrogens is 2. The van der Waals surface area contributed by atoms with Gasteiger partial charge in [-0.2, -0.15) is 0 Å². The van der Waals surface area contributed by atoms with Gasteiger partial charge in [0.05, 0.1) is 10.1 Å². The molecule has 0 aliphatic heterocycles. The molecular weight excluding hydrogens is 432 g/mol. The first kappa shape index (κ1) is 22.8.